The van der Waals surface area contributed by atoms with Gasteiger partial charge in [-0.15, -0.1) is 0 Å². The first-order chi connectivity index (χ1) is 9.20. The number of hydrogen-bond acceptors (Lipinski definition) is 4. The number of nitrogens with zero attached hydrogens (tertiary/aromatic N) is 2. The summed E-state index contributed by atoms with van der Waals surface area (Å²) < 4.78 is 5.37. The second-order valence-corrected chi connectivity index (χ2v) is 4.37. The highest BCUT2D eigenvalue weighted by Gasteiger charge is 2.09. The van der Waals surface area contributed by atoms with E-state index >= 15 is 0 Å². The average Bonchev–Trinajstić information content (AvgIpc) is 2.40. The molecule has 0 amide bonds. The number of nitrogens with one attached hydrogen (secondary N) is 1. The Morgan fingerprint density at radius 2 is 2.05 bits per heavy atom. The summed E-state index contributed by atoms with van der Waals surface area (Å²) in [7, 11) is 0. The molecule has 4 heteroatoms. The molecule has 0 aliphatic heterocycles. The van der Waals surface area contributed by atoms with E-state index in [2.05, 4.69) is 41.3 Å². The van der Waals surface area contributed by atoms with Crippen LogP contribution in [0.3, 0.4) is 0 Å². The number of aromatic nitrogens is 2. The molecule has 0 fully saturated rings. The molecule has 0 aliphatic carbocycles. The summed E-state index contributed by atoms with van der Waals surface area (Å²) in [5, 5.41) is 3.30. The Morgan fingerprint density at radius 3 is 2.79 bits per heavy atom. The Balaban J connectivity index is 2.12. The zero-order valence-corrected chi connectivity index (χ0v) is 11.6. The van der Waals surface area contributed by atoms with Gasteiger partial charge in [-0.25, -0.2) is 4.98 Å². The number of hydrogen-bond donors (Lipinski definition) is 1. The Labute approximate surface area is 113 Å². The molecular formula is C15H19N3O. The Morgan fingerprint density at radius 1 is 1.26 bits per heavy atom. The van der Waals surface area contributed by atoms with E-state index in [4.69, 9.17) is 4.74 Å². The molecule has 0 aliphatic rings. The van der Waals surface area contributed by atoms with Crippen LogP contribution in [0.2, 0.25) is 0 Å². The molecule has 100 valence electrons. The van der Waals surface area contributed by atoms with E-state index in [0.717, 1.165) is 0 Å². The molecule has 1 unspecified atom stereocenters. The van der Waals surface area contributed by atoms with Crippen LogP contribution in [-0.2, 0) is 0 Å². The summed E-state index contributed by atoms with van der Waals surface area (Å²) in [5.41, 5.74) is 2.50. The lowest BCUT2D eigenvalue weighted by Crippen LogP contribution is -2.11. The molecule has 4 nitrogen and oxygen atoms in total. The van der Waals surface area contributed by atoms with Gasteiger partial charge in [0.05, 0.1) is 12.6 Å². The van der Waals surface area contributed by atoms with Crippen LogP contribution in [0, 0.1) is 6.92 Å². The first kappa shape index (κ1) is 13.3. The predicted octanol–water partition coefficient (Wildman–Crippen LogP) is 3.36. The van der Waals surface area contributed by atoms with Gasteiger partial charge in [0.25, 0.3) is 0 Å². The highest BCUT2D eigenvalue weighted by atomic mass is 16.5. The van der Waals surface area contributed by atoms with E-state index < -0.39 is 0 Å². The molecule has 0 bridgehead atoms. The van der Waals surface area contributed by atoms with E-state index in [0.29, 0.717) is 18.4 Å². The van der Waals surface area contributed by atoms with E-state index in [-0.39, 0.29) is 6.04 Å². The van der Waals surface area contributed by atoms with Gasteiger partial charge in [0.2, 0.25) is 11.8 Å². The maximum Gasteiger partial charge on any atom is 0.226 e. The molecule has 19 heavy (non-hydrogen) atoms. The Hall–Kier alpha value is -2.10. The maximum absolute atomic E-state index is 5.37. The van der Waals surface area contributed by atoms with Gasteiger partial charge < -0.3 is 10.1 Å². The molecule has 0 saturated heterocycles. The van der Waals surface area contributed by atoms with Crippen molar-refractivity contribution in [3.63, 3.8) is 0 Å². The van der Waals surface area contributed by atoms with Crippen LogP contribution >= 0.6 is 0 Å². The molecular weight excluding hydrogens is 238 g/mol. The molecule has 2 rings (SSSR count). The molecule has 1 aromatic carbocycles. The van der Waals surface area contributed by atoms with Crippen LogP contribution in [-0.4, -0.2) is 16.6 Å². The van der Waals surface area contributed by atoms with Crippen LogP contribution in [0.5, 0.6) is 5.88 Å². The predicted molar refractivity (Wildman–Crippen MR) is 76.4 cm³/mol. The molecule has 1 aromatic heterocycles. The quantitative estimate of drug-likeness (QED) is 0.892. The standard InChI is InChI=1S/C15H19N3O/c1-4-19-14-9-10-16-15(18-14)17-12(3)13-8-6-5-7-11(13)2/h5-10,12H,4H2,1-3H3,(H,16,17,18). The maximum atomic E-state index is 5.37. The van der Waals surface area contributed by atoms with E-state index in [1.165, 1.54) is 11.1 Å². The fourth-order valence-corrected chi connectivity index (χ4v) is 1.98. The van der Waals surface area contributed by atoms with Crippen molar-refractivity contribution in [3.05, 3.63) is 47.7 Å². The number of ether oxygens (including phenoxy) is 1. The van der Waals surface area contributed by atoms with E-state index in [9.17, 15) is 0 Å². The molecule has 1 heterocycles. The summed E-state index contributed by atoms with van der Waals surface area (Å²) in [6, 6.07) is 10.2. The van der Waals surface area contributed by atoms with Crippen LogP contribution in [0.4, 0.5) is 5.95 Å². The van der Waals surface area contributed by atoms with Gasteiger partial charge in [0.15, 0.2) is 0 Å². The second kappa shape index (κ2) is 6.18. The number of anilines is 1. The molecule has 0 spiro atoms. The lowest BCUT2D eigenvalue weighted by atomic mass is 10.0. The summed E-state index contributed by atoms with van der Waals surface area (Å²) in [6.07, 6.45) is 1.70. The van der Waals surface area contributed by atoms with Crippen molar-refractivity contribution in [2.75, 3.05) is 11.9 Å². The van der Waals surface area contributed by atoms with Gasteiger partial charge in [-0.2, -0.15) is 4.98 Å². The average molecular weight is 257 g/mol. The number of aryl methyl sites for hydroxylation is 1. The highest BCUT2D eigenvalue weighted by molar-refractivity contribution is 5.36. The summed E-state index contributed by atoms with van der Waals surface area (Å²) >= 11 is 0. The van der Waals surface area contributed by atoms with Crippen molar-refractivity contribution in [2.45, 2.75) is 26.8 Å². The van der Waals surface area contributed by atoms with Crippen molar-refractivity contribution >= 4 is 5.95 Å². The zero-order chi connectivity index (χ0) is 13.7. The largest absolute Gasteiger partial charge is 0.478 e. The number of benzene rings is 1. The van der Waals surface area contributed by atoms with Crippen LogP contribution in [0.1, 0.15) is 31.0 Å². The number of rotatable bonds is 5. The summed E-state index contributed by atoms with van der Waals surface area (Å²) in [6.45, 7) is 6.74. The van der Waals surface area contributed by atoms with Gasteiger partial charge in [0, 0.05) is 12.3 Å². The van der Waals surface area contributed by atoms with Crippen LogP contribution in [0.15, 0.2) is 36.5 Å². The monoisotopic (exact) mass is 257 g/mol. The van der Waals surface area contributed by atoms with E-state index in [1.54, 1.807) is 12.3 Å². The first-order valence-corrected chi connectivity index (χ1v) is 6.48. The third kappa shape index (κ3) is 3.44. The highest BCUT2D eigenvalue weighted by Crippen LogP contribution is 2.20. The van der Waals surface area contributed by atoms with Gasteiger partial charge in [-0.1, -0.05) is 24.3 Å². The minimum absolute atomic E-state index is 0.151. The SMILES string of the molecule is CCOc1ccnc(NC(C)c2ccccc2C)n1. The van der Waals surface area contributed by atoms with Crippen molar-refractivity contribution in [1.29, 1.82) is 0 Å². The molecule has 0 saturated carbocycles. The van der Waals surface area contributed by atoms with Gasteiger partial charge in [0.1, 0.15) is 0 Å². The van der Waals surface area contributed by atoms with Gasteiger partial charge in [-0.3, -0.25) is 0 Å². The first-order valence-electron chi connectivity index (χ1n) is 6.48. The van der Waals surface area contributed by atoms with Gasteiger partial charge in [-0.05, 0) is 31.9 Å². The minimum atomic E-state index is 0.151. The smallest absolute Gasteiger partial charge is 0.226 e. The molecule has 1 N–H and O–H groups in total. The molecule has 1 atom stereocenters. The fourth-order valence-electron chi connectivity index (χ4n) is 1.98. The third-order valence-corrected chi connectivity index (χ3v) is 2.92. The van der Waals surface area contributed by atoms with Gasteiger partial charge >= 0.3 is 0 Å². The lowest BCUT2D eigenvalue weighted by Gasteiger charge is -2.16. The van der Waals surface area contributed by atoms with Crippen LogP contribution < -0.4 is 10.1 Å². The fraction of sp³-hybridized carbons (Fsp3) is 0.333. The Bertz CT molecular complexity index is 542. The van der Waals surface area contributed by atoms with Crippen molar-refractivity contribution < 1.29 is 4.74 Å². The van der Waals surface area contributed by atoms with E-state index in [1.807, 2.05) is 19.1 Å². The van der Waals surface area contributed by atoms with Crippen molar-refractivity contribution in [3.8, 4) is 5.88 Å². The molecule has 0 radical (unpaired) electrons. The lowest BCUT2D eigenvalue weighted by molar-refractivity contribution is 0.326. The third-order valence-electron chi connectivity index (χ3n) is 2.92. The minimum Gasteiger partial charge on any atom is -0.478 e. The summed E-state index contributed by atoms with van der Waals surface area (Å²) in [4.78, 5) is 8.53. The topological polar surface area (TPSA) is 47.0 Å². The van der Waals surface area contributed by atoms with Crippen LogP contribution in [0.25, 0.3) is 0 Å². The van der Waals surface area contributed by atoms with Crippen molar-refractivity contribution in [1.82, 2.24) is 9.97 Å². The summed E-state index contributed by atoms with van der Waals surface area (Å²) in [5.74, 6) is 1.18. The molecule has 2 aromatic rings. The normalized spacial score (nSPS) is 11.9. The zero-order valence-electron chi connectivity index (χ0n) is 11.6. The second-order valence-electron chi connectivity index (χ2n) is 4.37. The van der Waals surface area contributed by atoms with Crippen molar-refractivity contribution in [2.24, 2.45) is 0 Å². The Kier molecular flexibility index (Phi) is 4.34.